The molecular formula is C18H30Cl2N2O2. The monoisotopic (exact) mass is 376 g/mol. The van der Waals surface area contributed by atoms with Crippen LogP contribution in [0.4, 0.5) is 0 Å². The molecule has 0 radical (unpaired) electrons. The summed E-state index contributed by atoms with van der Waals surface area (Å²) in [5, 5.41) is 10.2. The lowest BCUT2D eigenvalue weighted by molar-refractivity contribution is 0.0471. The summed E-state index contributed by atoms with van der Waals surface area (Å²) in [4.78, 5) is 4.78. The van der Waals surface area contributed by atoms with Gasteiger partial charge in [-0.3, -0.25) is 4.90 Å². The van der Waals surface area contributed by atoms with Gasteiger partial charge in [0.2, 0.25) is 0 Å². The van der Waals surface area contributed by atoms with Crippen molar-refractivity contribution in [2.24, 2.45) is 0 Å². The van der Waals surface area contributed by atoms with Crippen LogP contribution in [0.2, 0.25) is 0 Å². The number of aliphatic hydroxyl groups excluding tert-OH is 1. The predicted octanol–water partition coefficient (Wildman–Crippen LogP) is 2.40. The lowest BCUT2D eigenvalue weighted by Crippen LogP contribution is -2.49. The fraction of sp³-hybridized carbons (Fsp3) is 0.667. The number of aryl methyl sites for hydroxylation is 2. The van der Waals surface area contributed by atoms with Crippen LogP contribution in [0.3, 0.4) is 0 Å². The van der Waals surface area contributed by atoms with Gasteiger partial charge in [-0.2, -0.15) is 0 Å². The Morgan fingerprint density at radius 1 is 1.04 bits per heavy atom. The molecule has 4 nitrogen and oxygen atoms in total. The Balaban J connectivity index is 0.00000144. The van der Waals surface area contributed by atoms with E-state index in [2.05, 4.69) is 28.9 Å². The van der Waals surface area contributed by atoms with Crippen LogP contribution in [0.5, 0.6) is 5.75 Å². The molecule has 1 aliphatic carbocycles. The van der Waals surface area contributed by atoms with Crippen molar-refractivity contribution >= 4 is 24.8 Å². The average Bonchev–Trinajstić information content (AvgIpc) is 3.01. The van der Waals surface area contributed by atoms with Crippen LogP contribution in [0, 0.1) is 0 Å². The molecule has 24 heavy (non-hydrogen) atoms. The van der Waals surface area contributed by atoms with E-state index in [0.717, 1.165) is 44.9 Å². The van der Waals surface area contributed by atoms with Crippen LogP contribution in [-0.4, -0.2) is 66.9 Å². The van der Waals surface area contributed by atoms with Crippen molar-refractivity contribution in [2.75, 3.05) is 45.9 Å². The van der Waals surface area contributed by atoms with Crippen molar-refractivity contribution in [3.8, 4) is 5.75 Å². The summed E-state index contributed by atoms with van der Waals surface area (Å²) < 4.78 is 5.79. The summed E-state index contributed by atoms with van der Waals surface area (Å²) >= 11 is 0. The number of likely N-dealkylation sites (N-methyl/N-ethyl adjacent to an activating group) is 1. The molecule has 1 fully saturated rings. The highest BCUT2D eigenvalue weighted by molar-refractivity contribution is 5.85. The van der Waals surface area contributed by atoms with Crippen LogP contribution >= 0.6 is 24.8 Å². The molecule has 1 unspecified atom stereocenters. The molecule has 6 heteroatoms. The Morgan fingerprint density at radius 3 is 2.42 bits per heavy atom. The van der Waals surface area contributed by atoms with Crippen molar-refractivity contribution in [1.82, 2.24) is 9.80 Å². The number of hydrogen-bond donors (Lipinski definition) is 1. The van der Waals surface area contributed by atoms with Crippen LogP contribution in [0.1, 0.15) is 24.5 Å². The minimum absolute atomic E-state index is 0. The molecule has 1 N–H and O–H groups in total. The minimum atomic E-state index is -0.415. The molecule has 3 rings (SSSR count). The first kappa shape index (κ1) is 21.5. The minimum Gasteiger partial charge on any atom is -0.491 e. The van der Waals surface area contributed by atoms with Gasteiger partial charge in [-0.05, 0) is 49.1 Å². The average molecular weight is 377 g/mol. The second-order valence-electron chi connectivity index (χ2n) is 6.48. The molecule has 0 aromatic heterocycles. The number of hydrogen-bond acceptors (Lipinski definition) is 4. The van der Waals surface area contributed by atoms with Crippen molar-refractivity contribution in [1.29, 1.82) is 0 Å². The molecule has 0 bridgehead atoms. The fourth-order valence-electron chi connectivity index (χ4n) is 3.47. The number of ether oxygens (including phenoxy) is 1. The van der Waals surface area contributed by atoms with E-state index in [4.69, 9.17) is 4.74 Å². The highest BCUT2D eigenvalue weighted by Crippen LogP contribution is 2.26. The zero-order chi connectivity index (χ0) is 15.4. The predicted molar refractivity (Wildman–Crippen MR) is 103 cm³/mol. The van der Waals surface area contributed by atoms with Gasteiger partial charge in [0.15, 0.2) is 0 Å². The van der Waals surface area contributed by atoms with E-state index in [1.807, 2.05) is 6.07 Å². The van der Waals surface area contributed by atoms with Crippen LogP contribution in [0.25, 0.3) is 0 Å². The normalized spacial score (nSPS) is 19.1. The molecule has 1 atom stereocenters. The third kappa shape index (κ3) is 5.78. The SMILES string of the molecule is CCN1CCN(CC(O)COc2ccc3c(c2)CCC3)CC1.Cl.Cl. The van der Waals surface area contributed by atoms with Crippen molar-refractivity contribution in [3.05, 3.63) is 29.3 Å². The van der Waals surface area contributed by atoms with Gasteiger partial charge < -0.3 is 14.7 Å². The summed E-state index contributed by atoms with van der Waals surface area (Å²) in [5.41, 5.74) is 2.88. The number of fused-ring (bicyclic) bond motifs is 1. The third-order valence-corrected chi connectivity index (χ3v) is 4.89. The molecule has 2 aliphatic rings. The molecule has 1 aromatic carbocycles. The number of nitrogens with zero attached hydrogens (tertiary/aromatic N) is 2. The van der Waals surface area contributed by atoms with Crippen molar-refractivity contribution in [3.63, 3.8) is 0 Å². The van der Waals surface area contributed by atoms with Crippen molar-refractivity contribution < 1.29 is 9.84 Å². The number of halogens is 2. The summed E-state index contributed by atoms with van der Waals surface area (Å²) in [6.07, 6.45) is 3.20. The van der Waals surface area contributed by atoms with Gasteiger partial charge in [-0.25, -0.2) is 0 Å². The molecular weight excluding hydrogens is 347 g/mol. The molecule has 0 saturated carbocycles. The lowest BCUT2D eigenvalue weighted by Gasteiger charge is -2.34. The van der Waals surface area contributed by atoms with Gasteiger partial charge in [-0.15, -0.1) is 24.8 Å². The largest absolute Gasteiger partial charge is 0.491 e. The van der Waals surface area contributed by atoms with Gasteiger partial charge in [0.05, 0.1) is 0 Å². The topological polar surface area (TPSA) is 35.9 Å². The maximum absolute atomic E-state index is 10.2. The first-order valence-corrected chi connectivity index (χ1v) is 8.62. The zero-order valence-corrected chi connectivity index (χ0v) is 16.1. The van der Waals surface area contributed by atoms with E-state index in [1.54, 1.807) is 0 Å². The second kappa shape index (κ2) is 10.5. The maximum atomic E-state index is 10.2. The Morgan fingerprint density at radius 2 is 1.71 bits per heavy atom. The highest BCUT2D eigenvalue weighted by atomic mass is 35.5. The number of piperazine rings is 1. The van der Waals surface area contributed by atoms with Crippen molar-refractivity contribution in [2.45, 2.75) is 32.3 Å². The van der Waals surface area contributed by atoms with Gasteiger partial charge in [0.25, 0.3) is 0 Å². The van der Waals surface area contributed by atoms with E-state index < -0.39 is 6.10 Å². The Hall–Kier alpha value is -0.520. The Bertz CT molecular complexity index is 494. The maximum Gasteiger partial charge on any atom is 0.119 e. The third-order valence-electron chi connectivity index (χ3n) is 4.89. The van der Waals surface area contributed by atoms with E-state index in [9.17, 15) is 5.11 Å². The smallest absolute Gasteiger partial charge is 0.119 e. The Kier molecular flexibility index (Phi) is 9.39. The molecule has 1 aromatic rings. The first-order chi connectivity index (χ1) is 10.7. The number of rotatable bonds is 6. The number of aliphatic hydroxyl groups is 1. The van der Waals surface area contributed by atoms with Gasteiger partial charge in [0, 0.05) is 32.7 Å². The standard InChI is InChI=1S/C18H28N2O2.2ClH/c1-2-19-8-10-20(11-9-19)13-17(21)14-22-18-7-6-15-4-3-5-16(15)12-18;;/h6-7,12,17,21H,2-5,8-11,13-14H2,1H3;2*1H. The zero-order valence-electron chi connectivity index (χ0n) is 14.4. The van der Waals surface area contributed by atoms with Crippen LogP contribution < -0.4 is 4.74 Å². The first-order valence-electron chi connectivity index (χ1n) is 8.62. The van der Waals surface area contributed by atoms with E-state index in [-0.39, 0.29) is 24.8 Å². The highest BCUT2D eigenvalue weighted by Gasteiger charge is 2.18. The van der Waals surface area contributed by atoms with Crippen LogP contribution in [-0.2, 0) is 12.8 Å². The van der Waals surface area contributed by atoms with Crippen LogP contribution in [0.15, 0.2) is 18.2 Å². The molecule has 1 saturated heterocycles. The van der Waals surface area contributed by atoms with E-state index >= 15 is 0 Å². The molecule has 1 aliphatic heterocycles. The Labute approximate surface area is 158 Å². The molecule has 1 heterocycles. The fourth-order valence-corrected chi connectivity index (χ4v) is 3.47. The number of benzene rings is 1. The van der Waals surface area contributed by atoms with Gasteiger partial charge >= 0.3 is 0 Å². The lowest BCUT2D eigenvalue weighted by atomic mass is 10.1. The van der Waals surface area contributed by atoms with Gasteiger partial charge in [-0.1, -0.05) is 13.0 Å². The molecule has 138 valence electrons. The van der Waals surface area contributed by atoms with E-state index in [0.29, 0.717) is 13.2 Å². The quantitative estimate of drug-likeness (QED) is 0.826. The summed E-state index contributed by atoms with van der Waals surface area (Å²) in [5.74, 6) is 0.899. The second-order valence-corrected chi connectivity index (χ2v) is 6.48. The number of β-amino-alcohol motifs (C(OH)–C–C–N with tert-alkyl or cyclic N) is 1. The summed E-state index contributed by atoms with van der Waals surface area (Å²) in [6, 6.07) is 6.36. The molecule has 0 spiro atoms. The van der Waals surface area contributed by atoms with E-state index in [1.165, 1.54) is 24.0 Å². The van der Waals surface area contributed by atoms with Gasteiger partial charge in [0.1, 0.15) is 18.5 Å². The molecule has 0 amide bonds. The summed E-state index contributed by atoms with van der Waals surface area (Å²) in [6.45, 7) is 8.72. The summed E-state index contributed by atoms with van der Waals surface area (Å²) in [7, 11) is 0.